The largest absolute Gasteiger partial charge is 0.471 e. The zero-order valence-corrected chi connectivity index (χ0v) is 14.4. The highest BCUT2D eigenvalue weighted by Crippen LogP contribution is 2.56. The van der Waals surface area contributed by atoms with Crippen molar-refractivity contribution in [3.05, 3.63) is 29.6 Å². The number of nitrogens with one attached hydrogen (secondary N) is 1. The van der Waals surface area contributed by atoms with Crippen molar-refractivity contribution in [2.75, 3.05) is 6.54 Å². The van der Waals surface area contributed by atoms with Crippen molar-refractivity contribution in [3.63, 3.8) is 0 Å². The van der Waals surface area contributed by atoms with Gasteiger partial charge in [0.15, 0.2) is 0 Å². The van der Waals surface area contributed by atoms with Gasteiger partial charge in [-0.2, -0.15) is 13.2 Å². The Morgan fingerprint density at radius 1 is 1.32 bits per heavy atom. The van der Waals surface area contributed by atoms with Crippen molar-refractivity contribution in [2.24, 2.45) is 5.41 Å². The minimum Gasteiger partial charge on any atom is -0.345 e. The van der Waals surface area contributed by atoms with E-state index in [9.17, 15) is 18.0 Å². The number of halogens is 3. The van der Waals surface area contributed by atoms with E-state index in [-0.39, 0.29) is 12.0 Å². The van der Waals surface area contributed by atoms with E-state index in [1.165, 1.54) is 0 Å². The van der Waals surface area contributed by atoms with Gasteiger partial charge in [0.1, 0.15) is 0 Å². The van der Waals surface area contributed by atoms with Crippen molar-refractivity contribution in [1.82, 2.24) is 14.9 Å². The Hall–Kier alpha value is -2.05. The molecular formula is C18H20F3N3O. The van der Waals surface area contributed by atoms with Crippen LogP contribution in [0.25, 0.3) is 11.0 Å². The lowest BCUT2D eigenvalue weighted by Crippen LogP contribution is -2.66. The Bertz CT molecular complexity index is 870. The van der Waals surface area contributed by atoms with Gasteiger partial charge in [0.05, 0.1) is 17.4 Å². The summed E-state index contributed by atoms with van der Waals surface area (Å²) in [5.74, 6) is -1.73. The molecule has 1 N–H and O–H groups in total. The molecule has 2 heterocycles. The second-order valence-corrected chi connectivity index (χ2v) is 7.95. The maximum atomic E-state index is 13.1. The highest BCUT2D eigenvalue weighted by atomic mass is 19.4. The van der Waals surface area contributed by atoms with E-state index in [0.29, 0.717) is 12.8 Å². The summed E-state index contributed by atoms with van der Waals surface area (Å²) in [6.45, 7) is 6.19. The van der Waals surface area contributed by atoms with E-state index in [1.807, 2.05) is 19.9 Å². The SMILES string of the molecule is CC12CCN(C(=O)C(F)(F)F)C(Cc3cc4nc[nH]c4cc31)C2(C)C. The van der Waals surface area contributed by atoms with E-state index in [0.717, 1.165) is 27.1 Å². The van der Waals surface area contributed by atoms with Crippen LogP contribution < -0.4 is 0 Å². The topological polar surface area (TPSA) is 49.0 Å². The normalized spacial score (nSPS) is 28.1. The molecule has 1 aliphatic heterocycles. The molecule has 134 valence electrons. The number of rotatable bonds is 0. The molecule has 1 aromatic heterocycles. The van der Waals surface area contributed by atoms with Crippen LogP contribution in [0.15, 0.2) is 18.5 Å². The molecule has 1 fully saturated rings. The van der Waals surface area contributed by atoms with Gasteiger partial charge in [0, 0.05) is 18.0 Å². The Labute approximate surface area is 143 Å². The van der Waals surface area contributed by atoms with Crippen LogP contribution in [-0.2, 0) is 16.6 Å². The molecule has 2 unspecified atom stereocenters. The molecule has 0 spiro atoms. The van der Waals surface area contributed by atoms with Crippen LogP contribution in [0.3, 0.4) is 0 Å². The second kappa shape index (κ2) is 4.77. The molecule has 2 atom stereocenters. The Morgan fingerprint density at radius 3 is 2.72 bits per heavy atom. The smallest absolute Gasteiger partial charge is 0.345 e. The van der Waals surface area contributed by atoms with Gasteiger partial charge in [-0.15, -0.1) is 0 Å². The van der Waals surface area contributed by atoms with Gasteiger partial charge in [-0.25, -0.2) is 4.98 Å². The van der Waals surface area contributed by atoms with E-state index < -0.39 is 23.5 Å². The molecule has 4 nitrogen and oxygen atoms in total. The number of carbonyl (C=O) groups is 1. The molecule has 7 heteroatoms. The molecule has 0 radical (unpaired) electrons. The predicted octanol–water partition coefficient (Wildman–Crippen LogP) is 3.57. The van der Waals surface area contributed by atoms with E-state index in [4.69, 9.17) is 0 Å². The summed E-state index contributed by atoms with van der Waals surface area (Å²) in [6, 6.07) is 3.55. The van der Waals surface area contributed by atoms with E-state index in [1.54, 1.807) is 6.33 Å². The Kier molecular flexibility index (Phi) is 3.13. The molecule has 4 rings (SSSR count). The molecular weight excluding hydrogens is 331 g/mol. The van der Waals surface area contributed by atoms with Crippen LogP contribution in [0.1, 0.15) is 38.3 Å². The number of piperidine rings is 1. The lowest BCUT2D eigenvalue weighted by atomic mass is 9.51. The predicted molar refractivity (Wildman–Crippen MR) is 87.1 cm³/mol. The number of hydrogen-bond acceptors (Lipinski definition) is 2. The first kappa shape index (κ1) is 16.4. The fraction of sp³-hybridized carbons (Fsp3) is 0.556. The number of nitrogens with zero attached hydrogens (tertiary/aromatic N) is 2. The van der Waals surface area contributed by atoms with Crippen LogP contribution in [-0.4, -0.2) is 39.5 Å². The average molecular weight is 351 g/mol. The zero-order chi connectivity index (χ0) is 18.2. The van der Waals surface area contributed by atoms with Gasteiger partial charge in [0.2, 0.25) is 0 Å². The van der Waals surface area contributed by atoms with Crippen molar-refractivity contribution in [3.8, 4) is 0 Å². The first-order chi connectivity index (χ1) is 11.6. The number of imidazole rings is 1. The lowest BCUT2D eigenvalue weighted by Gasteiger charge is -2.60. The van der Waals surface area contributed by atoms with Crippen LogP contribution in [0.2, 0.25) is 0 Å². The fourth-order valence-electron chi connectivity index (χ4n) is 4.75. The third kappa shape index (κ3) is 2.07. The number of H-pyrrole nitrogens is 1. The van der Waals surface area contributed by atoms with Crippen molar-refractivity contribution in [1.29, 1.82) is 0 Å². The first-order valence-electron chi connectivity index (χ1n) is 8.40. The summed E-state index contributed by atoms with van der Waals surface area (Å²) in [7, 11) is 0. The molecule has 1 aromatic carbocycles. The molecule has 2 aromatic rings. The third-order valence-electron chi connectivity index (χ3n) is 6.64. The number of likely N-dealkylation sites (tertiary alicyclic amines) is 1. The zero-order valence-electron chi connectivity index (χ0n) is 14.4. The van der Waals surface area contributed by atoms with E-state index >= 15 is 0 Å². The maximum absolute atomic E-state index is 13.1. The highest BCUT2D eigenvalue weighted by molar-refractivity contribution is 5.83. The van der Waals surface area contributed by atoms with Crippen molar-refractivity contribution < 1.29 is 18.0 Å². The molecule has 1 aliphatic carbocycles. The van der Waals surface area contributed by atoms with Crippen LogP contribution in [0.5, 0.6) is 0 Å². The van der Waals surface area contributed by atoms with Gasteiger partial charge >= 0.3 is 12.1 Å². The highest BCUT2D eigenvalue weighted by Gasteiger charge is 2.59. The summed E-state index contributed by atoms with van der Waals surface area (Å²) in [5, 5.41) is 0. The molecule has 2 aliphatic rings. The van der Waals surface area contributed by atoms with Crippen molar-refractivity contribution in [2.45, 2.75) is 51.2 Å². The number of hydrogen-bond donors (Lipinski definition) is 1. The summed E-state index contributed by atoms with van der Waals surface area (Å²) < 4.78 is 39.2. The fourth-order valence-corrected chi connectivity index (χ4v) is 4.75. The first-order valence-corrected chi connectivity index (χ1v) is 8.40. The van der Waals surface area contributed by atoms with Crippen LogP contribution in [0, 0.1) is 5.41 Å². The third-order valence-corrected chi connectivity index (χ3v) is 6.64. The number of aromatic nitrogens is 2. The Balaban J connectivity index is 1.87. The number of aromatic amines is 1. The maximum Gasteiger partial charge on any atom is 0.471 e. The lowest BCUT2D eigenvalue weighted by molar-refractivity contribution is -0.195. The number of fused-ring (bicyclic) bond motifs is 5. The Morgan fingerprint density at radius 2 is 2.04 bits per heavy atom. The summed E-state index contributed by atoms with van der Waals surface area (Å²) >= 11 is 0. The summed E-state index contributed by atoms with van der Waals surface area (Å²) in [4.78, 5) is 20.4. The average Bonchev–Trinajstić information content (AvgIpc) is 2.95. The monoisotopic (exact) mass is 351 g/mol. The van der Waals surface area contributed by atoms with Crippen molar-refractivity contribution >= 4 is 16.9 Å². The quantitative estimate of drug-likeness (QED) is 0.789. The van der Waals surface area contributed by atoms with Crippen LogP contribution >= 0.6 is 0 Å². The van der Waals surface area contributed by atoms with E-state index in [2.05, 4.69) is 23.0 Å². The van der Waals surface area contributed by atoms with Gasteiger partial charge in [0.25, 0.3) is 0 Å². The molecule has 25 heavy (non-hydrogen) atoms. The summed E-state index contributed by atoms with van der Waals surface area (Å²) in [5.41, 5.74) is 3.12. The molecule has 1 amide bonds. The number of alkyl halides is 3. The van der Waals surface area contributed by atoms with Gasteiger partial charge in [-0.05, 0) is 41.5 Å². The van der Waals surface area contributed by atoms with Gasteiger partial charge in [-0.1, -0.05) is 20.8 Å². The summed E-state index contributed by atoms with van der Waals surface area (Å²) in [6.07, 6.45) is -2.29. The molecule has 1 saturated heterocycles. The van der Waals surface area contributed by atoms with Gasteiger partial charge < -0.3 is 9.88 Å². The molecule has 0 saturated carbocycles. The molecule has 2 bridgehead atoms. The number of amides is 1. The number of benzene rings is 1. The minimum atomic E-state index is -4.84. The van der Waals surface area contributed by atoms with Crippen LogP contribution in [0.4, 0.5) is 13.2 Å². The minimum absolute atomic E-state index is 0.128. The number of carbonyl (C=O) groups excluding carboxylic acids is 1. The van der Waals surface area contributed by atoms with Gasteiger partial charge in [-0.3, -0.25) is 4.79 Å². The standard InChI is InChI=1S/C18H20F3N3O/c1-16(2)14-7-10-6-12-13(23-9-22-12)8-11(10)17(16,3)4-5-24(14)15(25)18(19,20)21/h6,8-9,14H,4-5,7H2,1-3H3,(H,22,23). The second-order valence-electron chi connectivity index (χ2n) is 7.95.